The number of nitro groups is 1. The SMILES string of the molecule is O=[N+]([O-])c1ccccc1CN1Cc2c(sc3ccc(Cl)cc23)C(c2ccccc2)C1. The maximum absolute atomic E-state index is 11.5. The molecule has 1 aliphatic rings. The van der Waals surface area contributed by atoms with Gasteiger partial charge in [0.05, 0.1) is 4.92 Å². The highest BCUT2D eigenvalue weighted by Crippen LogP contribution is 2.44. The highest BCUT2D eigenvalue weighted by atomic mass is 35.5. The zero-order valence-electron chi connectivity index (χ0n) is 16.1. The topological polar surface area (TPSA) is 46.4 Å². The van der Waals surface area contributed by atoms with E-state index in [9.17, 15) is 10.1 Å². The Hall–Kier alpha value is -2.73. The summed E-state index contributed by atoms with van der Waals surface area (Å²) in [6, 6.07) is 23.6. The third kappa shape index (κ3) is 3.49. The van der Waals surface area contributed by atoms with Crippen LogP contribution in [0.5, 0.6) is 0 Å². The van der Waals surface area contributed by atoms with Gasteiger partial charge in [0.25, 0.3) is 5.69 Å². The van der Waals surface area contributed by atoms with E-state index in [0.717, 1.165) is 23.7 Å². The van der Waals surface area contributed by atoms with Crippen molar-refractivity contribution in [3.63, 3.8) is 0 Å². The third-order valence-electron chi connectivity index (χ3n) is 5.71. The maximum atomic E-state index is 11.5. The molecule has 0 saturated carbocycles. The fraction of sp³-hybridized carbons (Fsp3) is 0.167. The minimum absolute atomic E-state index is 0.178. The van der Waals surface area contributed by atoms with E-state index < -0.39 is 0 Å². The van der Waals surface area contributed by atoms with Gasteiger partial charge in [-0.05, 0) is 34.7 Å². The number of thiophene rings is 1. The number of para-hydroxylation sites is 1. The van der Waals surface area contributed by atoms with Gasteiger partial charge in [-0.25, -0.2) is 0 Å². The van der Waals surface area contributed by atoms with E-state index in [0.29, 0.717) is 6.54 Å². The molecule has 30 heavy (non-hydrogen) atoms. The van der Waals surface area contributed by atoms with Crippen molar-refractivity contribution in [1.82, 2.24) is 4.90 Å². The van der Waals surface area contributed by atoms with Crippen molar-refractivity contribution in [2.45, 2.75) is 19.0 Å². The summed E-state index contributed by atoms with van der Waals surface area (Å²) in [4.78, 5) is 14.9. The first kappa shape index (κ1) is 19.2. The van der Waals surface area contributed by atoms with Gasteiger partial charge in [-0.3, -0.25) is 15.0 Å². The number of benzene rings is 3. The molecule has 4 aromatic rings. The van der Waals surface area contributed by atoms with E-state index in [1.807, 2.05) is 41.7 Å². The molecule has 1 aromatic heterocycles. The first-order chi connectivity index (χ1) is 14.6. The second-order valence-corrected chi connectivity index (χ2v) is 9.12. The van der Waals surface area contributed by atoms with E-state index in [2.05, 4.69) is 35.2 Å². The minimum atomic E-state index is -0.293. The van der Waals surface area contributed by atoms with Crippen molar-refractivity contribution < 1.29 is 4.92 Å². The number of nitro benzene ring substituents is 1. The summed E-state index contributed by atoms with van der Waals surface area (Å²) in [5.74, 6) is 0.230. The summed E-state index contributed by atoms with van der Waals surface area (Å²) in [5.41, 5.74) is 3.48. The normalized spacial score (nSPS) is 16.5. The van der Waals surface area contributed by atoms with E-state index in [-0.39, 0.29) is 16.5 Å². The lowest BCUT2D eigenvalue weighted by Crippen LogP contribution is -2.33. The van der Waals surface area contributed by atoms with Gasteiger partial charge < -0.3 is 0 Å². The smallest absolute Gasteiger partial charge is 0.273 e. The maximum Gasteiger partial charge on any atom is 0.273 e. The zero-order chi connectivity index (χ0) is 20.7. The van der Waals surface area contributed by atoms with E-state index in [1.165, 1.54) is 26.1 Å². The van der Waals surface area contributed by atoms with Crippen LogP contribution in [0, 0.1) is 10.1 Å². The van der Waals surface area contributed by atoms with Crippen molar-refractivity contribution in [3.8, 4) is 0 Å². The van der Waals surface area contributed by atoms with Gasteiger partial charge >= 0.3 is 0 Å². The Morgan fingerprint density at radius 1 is 1.07 bits per heavy atom. The molecule has 2 heterocycles. The predicted molar refractivity (Wildman–Crippen MR) is 122 cm³/mol. The molecule has 1 atom stereocenters. The molecule has 0 radical (unpaired) electrons. The fourth-order valence-electron chi connectivity index (χ4n) is 4.34. The van der Waals surface area contributed by atoms with Gasteiger partial charge in [0.2, 0.25) is 0 Å². The minimum Gasteiger partial charge on any atom is -0.294 e. The monoisotopic (exact) mass is 434 g/mol. The summed E-state index contributed by atoms with van der Waals surface area (Å²) >= 11 is 8.14. The molecule has 150 valence electrons. The Balaban J connectivity index is 1.59. The van der Waals surface area contributed by atoms with Crippen LogP contribution < -0.4 is 0 Å². The summed E-state index contributed by atoms with van der Waals surface area (Å²) < 4.78 is 1.23. The van der Waals surface area contributed by atoms with Crippen LogP contribution in [0.1, 0.15) is 27.5 Å². The van der Waals surface area contributed by atoms with E-state index in [4.69, 9.17) is 11.6 Å². The Bertz CT molecular complexity index is 1240. The average molecular weight is 435 g/mol. The van der Waals surface area contributed by atoms with Gasteiger partial charge in [0.1, 0.15) is 0 Å². The molecule has 0 aliphatic carbocycles. The van der Waals surface area contributed by atoms with Crippen LogP contribution in [0.25, 0.3) is 10.1 Å². The highest BCUT2D eigenvalue weighted by molar-refractivity contribution is 7.19. The Labute approximate surface area is 183 Å². The van der Waals surface area contributed by atoms with Crippen LogP contribution >= 0.6 is 22.9 Å². The van der Waals surface area contributed by atoms with Crippen molar-refractivity contribution in [2.24, 2.45) is 0 Å². The molecule has 0 N–H and O–H groups in total. The molecule has 5 rings (SSSR count). The van der Waals surface area contributed by atoms with E-state index >= 15 is 0 Å². The number of hydrogen-bond donors (Lipinski definition) is 0. The summed E-state index contributed by atoms with van der Waals surface area (Å²) in [5, 5.41) is 13.4. The molecule has 0 fully saturated rings. The lowest BCUT2D eigenvalue weighted by atomic mass is 9.90. The van der Waals surface area contributed by atoms with Crippen LogP contribution in [0.3, 0.4) is 0 Å². The molecule has 6 heteroatoms. The van der Waals surface area contributed by atoms with Gasteiger partial charge in [-0.2, -0.15) is 0 Å². The molecule has 0 spiro atoms. The first-order valence-electron chi connectivity index (χ1n) is 9.80. The number of halogens is 1. The average Bonchev–Trinajstić information content (AvgIpc) is 3.12. The molecule has 1 aliphatic heterocycles. The zero-order valence-corrected chi connectivity index (χ0v) is 17.7. The Kier molecular flexibility index (Phi) is 5.03. The molecule has 0 amide bonds. The molecular formula is C24H19ClN2O2S. The Morgan fingerprint density at radius 2 is 1.83 bits per heavy atom. The van der Waals surface area contributed by atoms with Crippen molar-refractivity contribution in [3.05, 3.63) is 110 Å². The first-order valence-corrected chi connectivity index (χ1v) is 11.0. The number of nitrogens with zero attached hydrogens (tertiary/aromatic N) is 2. The second-order valence-electron chi connectivity index (χ2n) is 7.60. The van der Waals surface area contributed by atoms with Crippen molar-refractivity contribution >= 4 is 38.7 Å². The molecule has 4 nitrogen and oxygen atoms in total. The molecular weight excluding hydrogens is 416 g/mol. The number of rotatable bonds is 4. The number of fused-ring (bicyclic) bond motifs is 3. The number of hydrogen-bond acceptors (Lipinski definition) is 4. The Morgan fingerprint density at radius 3 is 2.63 bits per heavy atom. The predicted octanol–water partition coefficient (Wildman–Crippen LogP) is 6.61. The summed E-state index contributed by atoms with van der Waals surface area (Å²) in [6.07, 6.45) is 0. The lowest BCUT2D eigenvalue weighted by Gasteiger charge is -2.33. The van der Waals surface area contributed by atoms with Crippen LogP contribution in [-0.2, 0) is 13.1 Å². The molecule has 0 saturated heterocycles. The second kappa shape index (κ2) is 7.84. The lowest BCUT2D eigenvalue weighted by molar-refractivity contribution is -0.385. The van der Waals surface area contributed by atoms with Crippen LogP contribution in [-0.4, -0.2) is 16.4 Å². The van der Waals surface area contributed by atoms with Crippen molar-refractivity contribution in [2.75, 3.05) is 6.54 Å². The highest BCUT2D eigenvalue weighted by Gasteiger charge is 2.31. The van der Waals surface area contributed by atoms with Crippen LogP contribution in [0.2, 0.25) is 5.02 Å². The van der Waals surface area contributed by atoms with E-state index in [1.54, 1.807) is 12.1 Å². The van der Waals surface area contributed by atoms with Gasteiger partial charge in [-0.15, -0.1) is 11.3 Å². The van der Waals surface area contributed by atoms with Crippen LogP contribution in [0.15, 0.2) is 72.8 Å². The van der Waals surface area contributed by atoms with Gasteiger partial charge in [0.15, 0.2) is 0 Å². The van der Waals surface area contributed by atoms with Crippen LogP contribution in [0.4, 0.5) is 5.69 Å². The third-order valence-corrected chi connectivity index (χ3v) is 7.27. The molecule has 3 aromatic carbocycles. The summed E-state index contributed by atoms with van der Waals surface area (Å²) in [6.45, 7) is 2.12. The standard InChI is InChI=1S/C24H19ClN2O2S/c25-18-10-11-23-19(12-18)21-15-26(13-17-8-4-5-9-22(17)27(28)29)14-20(24(21)30-23)16-6-2-1-3-7-16/h1-12,20H,13-15H2. The van der Waals surface area contributed by atoms with Crippen molar-refractivity contribution in [1.29, 1.82) is 0 Å². The quantitative estimate of drug-likeness (QED) is 0.268. The largest absolute Gasteiger partial charge is 0.294 e. The summed E-state index contributed by atoms with van der Waals surface area (Å²) in [7, 11) is 0. The molecule has 0 bridgehead atoms. The fourth-order valence-corrected chi connectivity index (χ4v) is 5.83. The molecule has 1 unspecified atom stereocenters. The van der Waals surface area contributed by atoms with Gasteiger partial charge in [0, 0.05) is 51.8 Å². The van der Waals surface area contributed by atoms with Gasteiger partial charge in [-0.1, -0.05) is 60.1 Å².